The van der Waals surface area contributed by atoms with Crippen molar-refractivity contribution in [2.75, 3.05) is 27.2 Å². The third-order valence-corrected chi connectivity index (χ3v) is 3.77. The van der Waals surface area contributed by atoms with Crippen LogP contribution in [0.4, 0.5) is 0 Å². The predicted octanol–water partition coefficient (Wildman–Crippen LogP) is 2.35. The van der Waals surface area contributed by atoms with Crippen LogP contribution in [-0.4, -0.2) is 38.1 Å². The summed E-state index contributed by atoms with van der Waals surface area (Å²) in [7, 11) is 4.47. The third-order valence-electron chi connectivity index (χ3n) is 3.77. The maximum Gasteiger partial charge on any atom is 0.0132 e. The van der Waals surface area contributed by atoms with Gasteiger partial charge in [0.1, 0.15) is 0 Å². The molecule has 1 saturated heterocycles. The van der Waals surface area contributed by atoms with Crippen molar-refractivity contribution >= 4 is 0 Å². The summed E-state index contributed by atoms with van der Waals surface area (Å²) >= 11 is 0. The molecule has 0 saturated carbocycles. The van der Waals surface area contributed by atoms with E-state index in [1.165, 1.54) is 38.8 Å². The summed E-state index contributed by atoms with van der Waals surface area (Å²) < 4.78 is 0. The highest BCUT2D eigenvalue weighted by Gasteiger charge is 2.25. The molecule has 2 unspecified atom stereocenters. The van der Waals surface area contributed by atoms with Gasteiger partial charge >= 0.3 is 0 Å². The van der Waals surface area contributed by atoms with Crippen molar-refractivity contribution in [1.29, 1.82) is 0 Å². The lowest BCUT2D eigenvalue weighted by Crippen LogP contribution is -2.39. The van der Waals surface area contributed by atoms with Gasteiger partial charge < -0.3 is 10.2 Å². The highest BCUT2D eigenvalue weighted by molar-refractivity contribution is 4.80. The van der Waals surface area contributed by atoms with Gasteiger partial charge in [0.05, 0.1) is 0 Å². The summed E-state index contributed by atoms with van der Waals surface area (Å²) in [5.74, 6) is 1.69. The molecule has 1 fully saturated rings. The van der Waals surface area contributed by atoms with E-state index < -0.39 is 0 Å². The Labute approximate surface area is 95.4 Å². The Morgan fingerprint density at radius 2 is 1.80 bits per heavy atom. The molecule has 15 heavy (non-hydrogen) atoms. The van der Waals surface area contributed by atoms with Crippen LogP contribution in [0.2, 0.25) is 0 Å². The first-order chi connectivity index (χ1) is 7.13. The SMILES string of the molecule is CC(C)C1CCCCNCCC1N(C)C. The molecule has 90 valence electrons. The van der Waals surface area contributed by atoms with Crippen molar-refractivity contribution < 1.29 is 0 Å². The van der Waals surface area contributed by atoms with Crippen molar-refractivity contribution in [3.8, 4) is 0 Å². The molecule has 0 amide bonds. The van der Waals surface area contributed by atoms with Gasteiger partial charge in [-0.2, -0.15) is 0 Å². The average Bonchev–Trinajstić information content (AvgIpc) is 2.27. The number of nitrogens with one attached hydrogen (secondary N) is 1. The van der Waals surface area contributed by atoms with Gasteiger partial charge in [-0.3, -0.25) is 0 Å². The highest BCUT2D eigenvalue weighted by atomic mass is 15.1. The first kappa shape index (κ1) is 13.0. The zero-order valence-corrected chi connectivity index (χ0v) is 10.9. The van der Waals surface area contributed by atoms with E-state index in [4.69, 9.17) is 0 Å². The maximum atomic E-state index is 3.54. The van der Waals surface area contributed by atoms with E-state index in [0.29, 0.717) is 0 Å². The standard InChI is InChI=1S/C13H28N2/c1-11(2)12-7-5-6-9-14-10-8-13(12)15(3)4/h11-14H,5-10H2,1-4H3. The summed E-state index contributed by atoms with van der Waals surface area (Å²) in [4.78, 5) is 2.43. The molecule has 2 heteroatoms. The van der Waals surface area contributed by atoms with Crippen molar-refractivity contribution in [1.82, 2.24) is 10.2 Å². The number of rotatable bonds is 2. The number of nitrogens with zero attached hydrogens (tertiary/aromatic N) is 1. The van der Waals surface area contributed by atoms with Crippen LogP contribution in [0.3, 0.4) is 0 Å². The summed E-state index contributed by atoms with van der Waals surface area (Å²) in [6.07, 6.45) is 5.45. The minimum atomic E-state index is 0.760. The van der Waals surface area contributed by atoms with Gasteiger partial charge in [0.25, 0.3) is 0 Å². The van der Waals surface area contributed by atoms with Crippen LogP contribution in [-0.2, 0) is 0 Å². The molecule has 2 nitrogen and oxygen atoms in total. The summed E-state index contributed by atoms with van der Waals surface area (Å²) in [5, 5.41) is 3.54. The third kappa shape index (κ3) is 4.12. The minimum Gasteiger partial charge on any atom is -0.317 e. The quantitative estimate of drug-likeness (QED) is 0.756. The molecule has 0 bridgehead atoms. The van der Waals surface area contributed by atoms with E-state index in [9.17, 15) is 0 Å². The van der Waals surface area contributed by atoms with Crippen molar-refractivity contribution in [3.05, 3.63) is 0 Å². The maximum absolute atomic E-state index is 3.54. The molecule has 0 radical (unpaired) electrons. The second-order valence-electron chi connectivity index (χ2n) is 5.47. The fourth-order valence-corrected chi connectivity index (χ4v) is 2.83. The molecule has 1 aliphatic rings. The Hall–Kier alpha value is -0.0800. The molecule has 1 heterocycles. The molecule has 0 aromatic carbocycles. The van der Waals surface area contributed by atoms with E-state index in [1.54, 1.807) is 0 Å². The van der Waals surface area contributed by atoms with Crippen LogP contribution < -0.4 is 5.32 Å². The van der Waals surface area contributed by atoms with Crippen LogP contribution >= 0.6 is 0 Å². The van der Waals surface area contributed by atoms with Crippen LogP contribution in [0.1, 0.15) is 39.5 Å². The van der Waals surface area contributed by atoms with Gasteiger partial charge in [-0.25, -0.2) is 0 Å². The lowest BCUT2D eigenvalue weighted by molar-refractivity contribution is 0.151. The molecule has 1 N–H and O–H groups in total. The van der Waals surface area contributed by atoms with Crippen molar-refractivity contribution in [2.24, 2.45) is 11.8 Å². The minimum absolute atomic E-state index is 0.760. The van der Waals surface area contributed by atoms with Gasteiger partial charge in [0.2, 0.25) is 0 Å². The monoisotopic (exact) mass is 212 g/mol. The van der Waals surface area contributed by atoms with Crippen molar-refractivity contribution in [3.63, 3.8) is 0 Å². The summed E-state index contributed by atoms with van der Waals surface area (Å²) in [5.41, 5.74) is 0. The molecule has 1 aliphatic heterocycles. The van der Waals surface area contributed by atoms with Gasteiger partial charge in [0.15, 0.2) is 0 Å². The second-order valence-corrected chi connectivity index (χ2v) is 5.47. The number of hydrogen-bond donors (Lipinski definition) is 1. The normalized spacial score (nSPS) is 30.0. The molecule has 0 aliphatic carbocycles. The lowest BCUT2D eigenvalue weighted by atomic mass is 9.82. The van der Waals surface area contributed by atoms with Crippen LogP contribution in [0.25, 0.3) is 0 Å². The molecule has 0 spiro atoms. The summed E-state index contributed by atoms with van der Waals surface area (Å²) in [6, 6.07) is 0.760. The molecule has 0 aromatic rings. The smallest absolute Gasteiger partial charge is 0.0132 e. The number of hydrogen-bond acceptors (Lipinski definition) is 2. The fraction of sp³-hybridized carbons (Fsp3) is 1.00. The first-order valence-corrected chi connectivity index (χ1v) is 6.50. The van der Waals surface area contributed by atoms with Gasteiger partial charge in [0, 0.05) is 6.04 Å². The van der Waals surface area contributed by atoms with E-state index in [0.717, 1.165) is 17.9 Å². The largest absolute Gasteiger partial charge is 0.317 e. The van der Waals surface area contributed by atoms with Gasteiger partial charge in [-0.05, 0) is 58.3 Å². The predicted molar refractivity (Wildman–Crippen MR) is 67.1 cm³/mol. The molecular weight excluding hydrogens is 184 g/mol. The Balaban J connectivity index is 2.63. The van der Waals surface area contributed by atoms with Crippen LogP contribution in [0.5, 0.6) is 0 Å². The molecule has 1 rings (SSSR count). The summed E-state index contributed by atoms with van der Waals surface area (Å²) in [6.45, 7) is 7.16. The molecular formula is C13H28N2. The Kier molecular flexibility index (Phi) is 5.62. The second kappa shape index (κ2) is 6.49. The van der Waals surface area contributed by atoms with Gasteiger partial charge in [-0.15, -0.1) is 0 Å². The lowest BCUT2D eigenvalue weighted by Gasteiger charge is -2.34. The van der Waals surface area contributed by atoms with Crippen LogP contribution in [0, 0.1) is 11.8 Å². The first-order valence-electron chi connectivity index (χ1n) is 6.50. The zero-order valence-electron chi connectivity index (χ0n) is 10.9. The van der Waals surface area contributed by atoms with Crippen molar-refractivity contribution in [2.45, 2.75) is 45.6 Å². The molecule has 0 aromatic heterocycles. The van der Waals surface area contributed by atoms with Crippen LogP contribution in [0.15, 0.2) is 0 Å². The highest BCUT2D eigenvalue weighted by Crippen LogP contribution is 2.27. The Morgan fingerprint density at radius 3 is 2.40 bits per heavy atom. The van der Waals surface area contributed by atoms with E-state index in [2.05, 4.69) is 38.2 Å². The molecule has 2 atom stereocenters. The van der Waals surface area contributed by atoms with E-state index >= 15 is 0 Å². The Bertz CT molecular complexity index is 148. The van der Waals surface area contributed by atoms with Gasteiger partial charge in [-0.1, -0.05) is 20.3 Å². The fourth-order valence-electron chi connectivity index (χ4n) is 2.83. The zero-order chi connectivity index (χ0) is 11.3. The topological polar surface area (TPSA) is 15.3 Å². The van der Waals surface area contributed by atoms with E-state index in [-0.39, 0.29) is 0 Å². The average molecular weight is 212 g/mol. The van der Waals surface area contributed by atoms with E-state index in [1.807, 2.05) is 0 Å². The Morgan fingerprint density at radius 1 is 1.07 bits per heavy atom.